The molecule has 1 saturated heterocycles. The minimum Gasteiger partial charge on any atom is -0.315 e. The van der Waals surface area contributed by atoms with E-state index in [2.05, 4.69) is 16.1 Å². The number of nitrogens with one attached hydrogen (secondary N) is 2. The largest absolute Gasteiger partial charge is 0.315 e. The maximum absolute atomic E-state index is 12.3. The molecule has 0 bridgehead atoms. The van der Waals surface area contributed by atoms with Crippen LogP contribution >= 0.6 is 12.4 Å². The molecule has 1 atom stereocenters. The molecule has 1 fully saturated rings. The van der Waals surface area contributed by atoms with Crippen molar-refractivity contribution in [1.82, 2.24) is 14.3 Å². The molecule has 0 saturated carbocycles. The molecule has 1 aromatic rings. The molecular formula is C13H20ClN3O2S. The van der Waals surface area contributed by atoms with Gasteiger partial charge in [0.2, 0.25) is 0 Å². The topological polar surface area (TPSA) is 61.4 Å². The van der Waals surface area contributed by atoms with Crippen molar-refractivity contribution >= 4 is 22.6 Å². The van der Waals surface area contributed by atoms with E-state index in [0.29, 0.717) is 13.1 Å². The van der Waals surface area contributed by atoms with Gasteiger partial charge < -0.3 is 5.32 Å². The van der Waals surface area contributed by atoms with Gasteiger partial charge in [-0.1, -0.05) is 24.3 Å². The molecule has 5 nitrogen and oxygen atoms in total. The highest BCUT2D eigenvalue weighted by Gasteiger charge is 2.29. The SMILES string of the molecule is Cl.O=S(=O)(NC1CCNC1)N1CCc2ccccc2C1. The highest BCUT2D eigenvalue weighted by molar-refractivity contribution is 7.87. The van der Waals surface area contributed by atoms with E-state index in [4.69, 9.17) is 0 Å². The average Bonchev–Trinajstić information content (AvgIpc) is 2.90. The molecule has 20 heavy (non-hydrogen) atoms. The summed E-state index contributed by atoms with van der Waals surface area (Å²) in [5, 5.41) is 3.17. The summed E-state index contributed by atoms with van der Waals surface area (Å²) >= 11 is 0. The summed E-state index contributed by atoms with van der Waals surface area (Å²) in [5.41, 5.74) is 2.38. The zero-order valence-corrected chi connectivity index (χ0v) is 12.8. The Balaban J connectivity index is 0.00000147. The summed E-state index contributed by atoms with van der Waals surface area (Å²) in [6.07, 6.45) is 1.66. The van der Waals surface area contributed by atoms with Crippen LogP contribution in [0.15, 0.2) is 24.3 Å². The lowest BCUT2D eigenvalue weighted by Gasteiger charge is -2.29. The molecule has 0 spiro atoms. The second kappa shape index (κ2) is 6.41. The fraction of sp³-hybridized carbons (Fsp3) is 0.538. The maximum atomic E-state index is 12.3. The third-order valence-electron chi connectivity index (χ3n) is 3.81. The number of hydrogen-bond acceptors (Lipinski definition) is 3. The van der Waals surface area contributed by atoms with Crippen molar-refractivity contribution in [2.24, 2.45) is 0 Å². The van der Waals surface area contributed by atoms with Crippen LogP contribution in [0.5, 0.6) is 0 Å². The lowest BCUT2D eigenvalue weighted by molar-refractivity contribution is 0.379. The van der Waals surface area contributed by atoms with Gasteiger partial charge in [-0.05, 0) is 30.5 Å². The Morgan fingerprint density at radius 3 is 2.70 bits per heavy atom. The van der Waals surface area contributed by atoms with Crippen LogP contribution in [0, 0.1) is 0 Å². The van der Waals surface area contributed by atoms with Crippen molar-refractivity contribution < 1.29 is 8.42 Å². The Hall–Kier alpha value is -0.660. The van der Waals surface area contributed by atoms with Gasteiger partial charge in [0.15, 0.2) is 0 Å². The fourth-order valence-corrected chi connectivity index (χ4v) is 4.13. The Morgan fingerprint density at radius 1 is 1.25 bits per heavy atom. The number of halogens is 1. The van der Waals surface area contributed by atoms with Gasteiger partial charge in [0.1, 0.15) is 0 Å². The molecule has 7 heteroatoms. The smallest absolute Gasteiger partial charge is 0.280 e. The first-order valence-electron chi connectivity index (χ1n) is 6.70. The van der Waals surface area contributed by atoms with E-state index in [1.165, 1.54) is 5.56 Å². The normalized spacial score (nSPS) is 23.1. The van der Waals surface area contributed by atoms with Crippen LogP contribution in [-0.4, -0.2) is 38.4 Å². The lowest BCUT2D eigenvalue weighted by Crippen LogP contribution is -2.47. The molecule has 1 unspecified atom stereocenters. The van der Waals surface area contributed by atoms with Gasteiger partial charge >= 0.3 is 0 Å². The van der Waals surface area contributed by atoms with Crippen LogP contribution in [-0.2, 0) is 23.2 Å². The minimum atomic E-state index is -3.37. The molecule has 0 aromatic heterocycles. The standard InChI is InChI=1S/C13H19N3O2S.ClH/c17-19(18,15-13-5-7-14-9-13)16-8-6-11-3-1-2-4-12(11)10-16;/h1-4,13-15H,5-10H2;1H. The quantitative estimate of drug-likeness (QED) is 0.861. The summed E-state index contributed by atoms with van der Waals surface area (Å²) in [5.74, 6) is 0. The average molecular weight is 318 g/mol. The van der Waals surface area contributed by atoms with Gasteiger partial charge in [-0.2, -0.15) is 17.4 Å². The van der Waals surface area contributed by atoms with Crippen molar-refractivity contribution in [2.45, 2.75) is 25.4 Å². The Kier molecular flexibility index (Phi) is 5.04. The van der Waals surface area contributed by atoms with E-state index in [1.54, 1.807) is 4.31 Å². The molecular weight excluding hydrogens is 298 g/mol. The maximum Gasteiger partial charge on any atom is 0.280 e. The molecule has 112 valence electrons. The fourth-order valence-electron chi connectivity index (χ4n) is 2.72. The van der Waals surface area contributed by atoms with Crippen molar-refractivity contribution in [3.05, 3.63) is 35.4 Å². The number of nitrogens with zero attached hydrogens (tertiary/aromatic N) is 1. The number of benzene rings is 1. The molecule has 2 heterocycles. The summed E-state index contributed by atoms with van der Waals surface area (Å²) in [6, 6.07) is 8.08. The van der Waals surface area contributed by atoms with E-state index < -0.39 is 10.2 Å². The van der Waals surface area contributed by atoms with E-state index in [-0.39, 0.29) is 18.4 Å². The first kappa shape index (κ1) is 15.7. The molecule has 1 aromatic carbocycles. The lowest BCUT2D eigenvalue weighted by atomic mass is 10.0. The monoisotopic (exact) mass is 317 g/mol. The van der Waals surface area contributed by atoms with Crippen molar-refractivity contribution in [3.8, 4) is 0 Å². The Bertz CT molecular complexity index is 558. The molecule has 2 N–H and O–H groups in total. The van der Waals surface area contributed by atoms with E-state index in [0.717, 1.165) is 31.5 Å². The van der Waals surface area contributed by atoms with E-state index >= 15 is 0 Å². The molecule has 0 radical (unpaired) electrons. The first-order chi connectivity index (χ1) is 9.15. The summed E-state index contributed by atoms with van der Waals surface area (Å²) in [6.45, 7) is 2.65. The highest BCUT2D eigenvalue weighted by atomic mass is 35.5. The minimum absolute atomic E-state index is 0. The van der Waals surface area contributed by atoms with Crippen molar-refractivity contribution in [2.75, 3.05) is 19.6 Å². The van der Waals surface area contributed by atoms with Gasteiger partial charge in [-0.3, -0.25) is 0 Å². The Morgan fingerprint density at radius 2 is 2.00 bits per heavy atom. The number of hydrogen-bond donors (Lipinski definition) is 2. The van der Waals surface area contributed by atoms with E-state index in [1.807, 2.05) is 18.2 Å². The van der Waals surface area contributed by atoms with Gasteiger partial charge in [-0.25, -0.2) is 0 Å². The Labute approximate surface area is 126 Å². The van der Waals surface area contributed by atoms with Crippen LogP contribution in [0.25, 0.3) is 0 Å². The van der Waals surface area contributed by atoms with Crippen LogP contribution in [0.1, 0.15) is 17.5 Å². The summed E-state index contributed by atoms with van der Waals surface area (Å²) in [4.78, 5) is 0. The molecule has 2 aliphatic rings. The first-order valence-corrected chi connectivity index (χ1v) is 8.14. The molecule has 0 amide bonds. The summed E-state index contributed by atoms with van der Waals surface area (Å²) < 4.78 is 29.0. The zero-order valence-electron chi connectivity index (χ0n) is 11.2. The highest BCUT2D eigenvalue weighted by Crippen LogP contribution is 2.20. The molecule has 2 aliphatic heterocycles. The predicted octanol–water partition coefficient (Wildman–Crippen LogP) is 0.663. The van der Waals surface area contributed by atoms with Crippen LogP contribution in [0.3, 0.4) is 0 Å². The van der Waals surface area contributed by atoms with Gasteiger partial charge in [0.25, 0.3) is 10.2 Å². The number of rotatable bonds is 3. The van der Waals surface area contributed by atoms with E-state index in [9.17, 15) is 8.42 Å². The van der Waals surface area contributed by atoms with Crippen LogP contribution < -0.4 is 10.0 Å². The van der Waals surface area contributed by atoms with Crippen LogP contribution in [0.4, 0.5) is 0 Å². The van der Waals surface area contributed by atoms with Crippen LogP contribution in [0.2, 0.25) is 0 Å². The second-order valence-corrected chi connectivity index (χ2v) is 6.87. The molecule has 0 aliphatic carbocycles. The zero-order chi connectivity index (χ0) is 13.3. The van der Waals surface area contributed by atoms with Gasteiger partial charge in [0, 0.05) is 25.7 Å². The van der Waals surface area contributed by atoms with Crippen molar-refractivity contribution in [1.29, 1.82) is 0 Å². The third kappa shape index (κ3) is 3.32. The molecule has 3 rings (SSSR count). The van der Waals surface area contributed by atoms with Gasteiger partial charge in [0.05, 0.1) is 0 Å². The van der Waals surface area contributed by atoms with Crippen molar-refractivity contribution in [3.63, 3.8) is 0 Å². The third-order valence-corrected chi connectivity index (χ3v) is 5.43. The number of fused-ring (bicyclic) bond motifs is 1. The predicted molar refractivity (Wildman–Crippen MR) is 81.1 cm³/mol. The summed E-state index contributed by atoms with van der Waals surface area (Å²) in [7, 11) is -3.37. The second-order valence-electron chi connectivity index (χ2n) is 5.16. The van der Waals surface area contributed by atoms with Gasteiger partial charge in [-0.15, -0.1) is 12.4 Å².